The van der Waals surface area contributed by atoms with Gasteiger partial charge in [0.05, 0.1) is 10.6 Å². The van der Waals surface area contributed by atoms with Gasteiger partial charge >= 0.3 is 6.09 Å². The van der Waals surface area contributed by atoms with Gasteiger partial charge in [-0.2, -0.15) is 4.31 Å². The lowest BCUT2D eigenvalue weighted by molar-refractivity contribution is 0.136. The molecule has 0 spiro atoms. The monoisotopic (exact) mass is 405 g/mol. The van der Waals surface area contributed by atoms with Gasteiger partial charge in [-0.15, -0.1) is 0 Å². The molecule has 2 aliphatic heterocycles. The normalized spacial score (nSPS) is 18.6. The van der Waals surface area contributed by atoms with Crippen LogP contribution < -0.4 is 10.6 Å². The van der Waals surface area contributed by atoms with Crippen molar-refractivity contribution in [3.05, 3.63) is 53.8 Å². The molecule has 2 heterocycles. The summed E-state index contributed by atoms with van der Waals surface area (Å²) in [6.07, 6.45) is 0.463. The molecule has 0 aromatic heterocycles. The van der Waals surface area contributed by atoms with Gasteiger partial charge in [-0.25, -0.2) is 17.6 Å². The van der Waals surface area contributed by atoms with Crippen molar-refractivity contribution in [2.24, 2.45) is 0 Å². The summed E-state index contributed by atoms with van der Waals surface area (Å²) in [6, 6.07) is 10.1. The third-order valence-corrected chi connectivity index (χ3v) is 7.03. The van der Waals surface area contributed by atoms with Crippen LogP contribution in [0.15, 0.2) is 47.4 Å². The van der Waals surface area contributed by atoms with Crippen LogP contribution in [0.2, 0.25) is 0 Å². The van der Waals surface area contributed by atoms with E-state index in [0.29, 0.717) is 18.5 Å². The van der Waals surface area contributed by atoms with E-state index in [0.717, 1.165) is 17.3 Å². The molecule has 0 aliphatic carbocycles. The number of rotatable bonds is 3. The fraction of sp³-hybridized carbons (Fsp3) is 0.316. The second-order valence-corrected chi connectivity index (χ2v) is 8.84. The number of halogens is 1. The molecule has 4 rings (SSSR count). The summed E-state index contributed by atoms with van der Waals surface area (Å²) >= 11 is 0. The molecule has 1 amide bonds. The van der Waals surface area contributed by atoms with Gasteiger partial charge in [0, 0.05) is 30.4 Å². The van der Waals surface area contributed by atoms with E-state index in [2.05, 4.69) is 0 Å². The minimum absolute atomic E-state index is 0.0656. The predicted molar refractivity (Wildman–Crippen MR) is 102 cm³/mol. The number of anilines is 2. The van der Waals surface area contributed by atoms with Gasteiger partial charge in [0.2, 0.25) is 10.0 Å². The maximum atomic E-state index is 13.4. The summed E-state index contributed by atoms with van der Waals surface area (Å²) < 4.78 is 45.5. The number of fused-ring (bicyclic) bond motifs is 1. The molecule has 0 saturated carbocycles. The highest BCUT2D eigenvalue weighted by Gasteiger charge is 2.37. The zero-order chi connectivity index (χ0) is 19.9. The lowest BCUT2D eigenvalue weighted by Crippen LogP contribution is -2.50. The Labute approximate surface area is 162 Å². The lowest BCUT2D eigenvalue weighted by Gasteiger charge is -2.39. The standard InChI is InChI=1S/C19H20FN3O4S/c20-14-2-1-3-17(11-14)28(25,26)22-8-6-16(7-9-22)23-18-5-4-15(21)10-13(18)12-27-19(23)24/h1-5,10-11,16H,6-9,12,21H2. The summed E-state index contributed by atoms with van der Waals surface area (Å²) in [5.41, 5.74) is 7.98. The number of hydrogen-bond donors (Lipinski definition) is 1. The Hall–Kier alpha value is -2.65. The van der Waals surface area contributed by atoms with E-state index < -0.39 is 21.9 Å². The fourth-order valence-electron chi connectivity index (χ4n) is 3.73. The van der Waals surface area contributed by atoms with Crippen molar-refractivity contribution in [1.29, 1.82) is 0 Å². The molecule has 148 valence electrons. The lowest BCUT2D eigenvalue weighted by atomic mass is 10.0. The fourth-order valence-corrected chi connectivity index (χ4v) is 5.23. The Bertz CT molecular complexity index is 1020. The number of amides is 1. The highest BCUT2D eigenvalue weighted by molar-refractivity contribution is 7.89. The van der Waals surface area contributed by atoms with Gasteiger partial charge < -0.3 is 10.5 Å². The molecule has 0 bridgehead atoms. The molecule has 9 heteroatoms. The average Bonchev–Trinajstić information content (AvgIpc) is 2.68. The topological polar surface area (TPSA) is 92.9 Å². The molecule has 28 heavy (non-hydrogen) atoms. The minimum atomic E-state index is -3.78. The first-order chi connectivity index (χ1) is 13.4. The van der Waals surface area contributed by atoms with Crippen molar-refractivity contribution in [3.63, 3.8) is 0 Å². The SMILES string of the molecule is Nc1ccc2c(c1)COC(=O)N2C1CCN(S(=O)(=O)c2cccc(F)c2)CC1. The van der Waals surface area contributed by atoms with Gasteiger partial charge in [-0.3, -0.25) is 4.90 Å². The zero-order valence-corrected chi connectivity index (χ0v) is 15.9. The molecule has 2 aromatic rings. The summed E-state index contributed by atoms with van der Waals surface area (Å²) in [6.45, 7) is 0.637. The van der Waals surface area contributed by atoms with Crippen molar-refractivity contribution < 1.29 is 22.3 Å². The summed E-state index contributed by atoms with van der Waals surface area (Å²) in [5.74, 6) is -0.595. The van der Waals surface area contributed by atoms with E-state index in [1.807, 2.05) is 0 Å². The van der Waals surface area contributed by atoms with Crippen molar-refractivity contribution in [2.75, 3.05) is 23.7 Å². The average molecular weight is 405 g/mol. The maximum Gasteiger partial charge on any atom is 0.414 e. The minimum Gasteiger partial charge on any atom is -0.444 e. The first kappa shape index (κ1) is 18.7. The van der Waals surface area contributed by atoms with E-state index in [9.17, 15) is 17.6 Å². The molecule has 0 atom stereocenters. The van der Waals surface area contributed by atoms with Crippen LogP contribution in [0, 0.1) is 5.82 Å². The molecule has 2 aliphatic rings. The number of piperidine rings is 1. The predicted octanol–water partition coefficient (Wildman–Crippen LogP) is 2.72. The van der Waals surface area contributed by atoms with E-state index in [1.165, 1.54) is 22.5 Å². The third-order valence-electron chi connectivity index (χ3n) is 5.13. The maximum absolute atomic E-state index is 13.4. The first-order valence-electron chi connectivity index (χ1n) is 8.96. The molecule has 1 fully saturated rings. The number of carbonyl (C=O) groups excluding carboxylic acids is 1. The number of hydrogen-bond acceptors (Lipinski definition) is 5. The first-order valence-corrected chi connectivity index (χ1v) is 10.4. The van der Waals surface area contributed by atoms with Crippen LogP contribution in [0.5, 0.6) is 0 Å². The number of nitrogen functional groups attached to an aromatic ring is 1. The van der Waals surface area contributed by atoms with Crippen LogP contribution in [-0.4, -0.2) is 37.9 Å². The van der Waals surface area contributed by atoms with Gasteiger partial charge in [-0.1, -0.05) is 6.07 Å². The molecule has 0 radical (unpaired) electrons. The summed E-state index contributed by atoms with van der Waals surface area (Å²) in [4.78, 5) is 13.9. The zero-order valence-electron chi connectivity index (χ0n) is 15.0. The Balaban J connectivity index is 1.53. The third kappa shape index (κ3) is 3.31. The number of nitrogens with two attached hydrogens (primary N) is 1. The molecular weight excluding hydrogens is 385 g/mol. The van der Waals surface area contributed by atoms with E-state index in [4.69, 9.17) is 10.5 Å². The smallest absolute Gasteiger partial charge is 0.414 e. The quantitative estimate of drug-likeness (QED) is 0.793. The number of nitrogens with zero attached hydrogens (tertiary/aromatic N) is 2. The van der Waals surface area contributed by atoms with Crippen LogP contribution in [0.25, 0.3) is 0 Å². The van der Waals surface area contributed by atoms with Gasteiger partial charge in [0.1, 0.15) is 12.4 Å². The second-order valence-electron chi connectivity index (χ2n) is 6.91. The van der Waals surface area contributed by atoms with E-state index >= 15 is 0 Å². The Morgan fingerprint density at radius 1 is 1.11 bits per heavy atom. The van der Waals surface area contributed by atoms with Crippen molar-refractivity contribution in [3.8, 4) is 0 Å². The molecule has 2 N–H and O–H groups in total. The highest BCUT2D eigenvalue weighted by Crippen LogP contribution is 2.34. The van der Waals surface area contributed by atoms with E-state index in [1.54, 1.807) is 23.1 Å². The molecule has 1 saturated heterocycles. The summed E-state index contributed by atoms with van der Waals surface area (Å²) in [7, 11) is -3.78. The Morgan fingerprint density at radius 2 is 1.86 bits per heavy atom. The number of ether oxygens (including phenoxy) is 1. The molecule has 2 aromatic carbocycles. The van der Waals surface area contributed by atoms with Gasteiger partial charge in [0.25, 0.3) is 0 Å². The van der Waals surface area contributed by atoms with Crippen molar-refractivity contribution in [2.45, 2.75) is 30.4 Å². The highest BCUT2D eigenvalue weighted by atomic mass is 32.2. The van der Waals surface area contributed by atoms with Crippen LogP contribution >= 0.6 is 0 Å². The molecule has 0 unspecified atom stereocenters. The van der Waals surface area contributed by atoms with Crippen LogP contribution in [0.1, 0.15) is 18.4 Å². The van der Waals surface area contributed by atoms with Crippen LogP contribution in [-0.2, 0) is 21.4 Å². The molecular formula is C19H20FN3O4S. The van der Waals surface area contributed by atoms with Gasteiger partial charge in [0.15, 0.2) is 0 Å². The van der Waals surface area contributed by atoms with Crippen molar-refractivity contribution >= 4 is 27.5 Å². The van der Waals surface area contributed by atoms with Crippen LogP contribution in [0.4, 0.5) is 20.6 Å². The number of sulfonamides is 1. The largest absolute Gasteiger partial charge is 0.444 e. The van der Waals surface area contributed by atoms with Crippen LogP contribution in [0.3, 0.4) is 0 Å². The van der Waals surface area contributed by atoms with Gasteiger partial charge in [-0.05, 0) is 49.2 Å². The number of carbonyl (C=O) groups is 1. The number of cyclic esters (lactones) is 1. The summed E-state index contributed by atoms with van der Waals surface area (Å²) in [5, 5.41) is 0. The second kappa shape index (κ2) is 7.06. The Morgan fingerprint density at radius 3 is 2.57 bits per heavy atom. The Kier molecular flexibility index (Phi) is 4.72. The number of benzene rings is 2. The van der Waals surface area contributed by atoms with Crippen molar-refractivity contribution in [1.82, 2.24) is 4.31 Å². The molecule has 7 nitrogen and oxygen atoms in total. The van der Waals surface area contributed by atoms with E-state index in [-0.39, 0.29) is 30.6 Å².